The summed E-state index contributed by atoms with van der Waals surface area (Å²) in [4.78, 5) is 2.29. The molecular formula is C18H23BrN2O2. The number of rotatable bonds is 8. The van der Waals surface area contributed by atoms with Gasteiger partial charge in [-0.15, -0.1) is 0 Å². The minimum atomic E-state index is 0.140. The summed E-state index contributed by atoms with van der Waals surface area (Å²) in [5.74, 6) is 0.607. The molecule has 0 unspecified atom stereocenters. The van der Waals surface area contributed by atoms with E-state index in [1.807, 2.05) is 12.1 Å². The summed E-state index contributed by atoms with van der Waals surface area (Å²) in [7, 11) is 1.54. The van der Waals surface area contributed by atoms with Crippen molar-refractivity contribution in [3.8, 4) is 11.5 Å². The maximum atomic E-state index is 10.1. The van der Waals surface area contributed by atoms with E-state index >= 15 is 0 Å². The zero-order chi connectivity index (χ0) is 16.7. The second-order valence-corrected chi connectivity index (χ2v) is 6.18. The van der Waals surface area contributed by atoms with Crippen LogP contribution in [0, 0.1) is 0 Å². The maximum Gasteiger partial charge on any atom is 0.172 e. The molecule has 2 aromatic rings. The van der Waals surface area contributed by atoms with Crippen molar-refractivity contribution in [3.05, 3.63) is 58.1 Å². The first kappa shape index (κ1) is 17.8. The molecule has 0 heterocycles. The monoisotopic (exact) mass is 378 g/mol. The summed E-state index contributed by atoms with van der Waals surface area (Å²) in [6.07, 6.45) is 0.973. The van der Waals surface area contributed by atoms with Gasteiger partial charge in [-0.2, -0.15) is 0 Å². The summed E-state index contributed by atoms with van der Waals surface area (Å²) in [5.41, 5.74) is 8.07. The first-order valence-electron chi connectivity index (χ1n) is 7.66. The largest absolute Gasteiger partial charge is 0.503 e. The number of nitrogens with zero attached hydrogens (tertiary/aromatic N) is 1. The number of methoxy groups -OCH3 is 1. The minimum Gasteiger partial charge on any atom is -0.503 e. The molecule has 3 N–H and O–H groups in total. The Bertz CT molecular complexity index is 620. The summed E-state index contributed by atoms with van der Waals surface area (Å²) >= 11 is 3.46. The van der Waals surface area contributed by atoms with Gasteiger partial charge in [-0.1, -0.05) is 36.4 Å². The molecule has 124 valence electrons. The summed E-state index contributed by atoms with van der Waals surface area (Å²) in [6, 6.07) is 14.2. The van der Waals surface area contributed by atoms with Crippen LogP contribution in [0.15, 0.2) is 46.9 Å². The number of halogens is 1. The van der Waals surface area contributed by atoms with E-state index in [-0.39, 0.29) is 5.75 Å². The molecule has 0 spiro atoms. The Morgan fingerprint density at radius 2 is 1.87 bits per heavy atom. The maximum absolute atomic E-state index is 10.1. The van der Waals surface area contributed by atoms with Crippen LogP contribution in [-0.2, 0) is 13.0 Å². The van der Waals surface area contributed by atoms with E-state index in [1.165, 1.54) is 5.56 Å². The van der Waals surface area contributed by atoms with Gasteiger partial charge in [-0.25, -0.2) is 0 Å². The van der Waals surface area contributed by atoms with Gasteiger partial charge in [-0.05, 0) is 39.5 Å². The molecule has 0 aromatic heterocycles. The number of aromatic hydroxyl groups is 1. The number of phenolic OH excluding ortho intramolecular Hbond substituents is 1. The average Bonchev–Trinajstić information content (AvgIpc) is 2.58. The van der Waals surface area contributed by atoms with E-state index in [2.05, 4.69) is 45.1 Å². The Morgan fingerprint density at radius 3 is 2.52 bits per heavy atom. The van der Waals surface area contributed by atoms with E-state index in [9.17, 15) is 5.11 Å². The molecule has 2 aromatic carbocycles. The number of ether oxygens (including phenoxy) is 1. The highest BCUT2D eigenvalue weighted by atomic mass is 79.9. The van der Waals surface area contributed by atoms with Gasteiger partial charge in [0.2, 0.25) is 0 Å². The van der Waals surface area contributed by atoms with E-state index in [0.29, 0.717) is 16.8 Å². The fourth-order valence-corrected chi connectivity index (χ4v) is 2.95. The van der Waals surface area contributed by atoms with Crippen molar-refractivity contribution >= 4 is 15.9 Å². The normalized spacial score (nSPS) is 11.0. The fourth-order valence-electron chi connectivity index (χ4n) is 2.50. The first-order valence-corrected chi connectivity index (χ1v) is 8.45. The Balaban J connectivity index is 2.05. The molecule has 0 fully saturated rings. The van der Waals surface area contributed by atoms with Crippen molar-refractivity contribution in [3.63, 3.8) is 0 Å². The first-order chi connectivity index (χ1) is 11.2. The number of hydrogen-bond acceptors (Lipinski definition) is 4. The smallest absolute Gasteiger partial charge is 0.172 e. The highest BCUT2D eigenvalue weighted by molar-refractivity contribution is 9.10. The molecular weight excluding hydrogens is 356 g/mol. The highest BCUT2D eigenvalue weighted by Crippen LogP contribution is 2.36. The second-order valence-electron chi connectivity index (χ2n) is 5.39. The second kappa shape index (κ2) is 8.91. The molecule has 0 radical (unpaired) electrons. The lowest BCUT2D eigenvalue weighted by Crippen LogP contribution is -2.31. The van der Waals surface area contributed by atoms with Gasteiger partial charge in [0.1, 0.15) is 0 Å². The number of hydrogen-bond donors (Lipinski definition) is 2. The topological polar surface area (TPSA) is 58.7 Å². The lowest BCUT2D eigenvalue weighted by atomic mass is 10.1. The molecule has 0 bridgehead atoms. The van der Waals surface area contributed by atoms with Crippen molar-refractivity contribution in [1.29, 1.82) is 0 Å². The minimum absolute atomic E-state index is 0.140. The quantitative estimate of drug-likeness (QED) is 0.740. The van der Waals surface area contributed by atoms with Crippen LogP contribution in [0.5, 0.6) is 11.5 Å². The van der Waals surface area contributed by atoms with Crippen LogP contribution in [0.2, 0.25) is 0 Å². The van der Waals surface area contributed by atoms with Crippen molar-refractivity contribution in [2.75, 3.05) is 26.7 Å². The zero-order valence-corrected chi connectivity index (χ0v) is 14.9. The Morgan fingerprint density at radius 1 is 1.13 bits per heavy atom. The van der Waals surface area contributed by atoms with E-state index in [4.69, 9.17) is 10.5 Å². The van der Waals surface area contributed by atoms with E-state index in [1.54, 1.807) is 13.2 Å². The summed E-state index contributed by atoms with van der Waals surface area (Å²) in [6.45, 7) is 3.06. The molecule has 23 heavy (non-hydrogen) atoms. The molecule has 0 saturated heterocycles. The van der Waals surface area contributed by atoms with E-state index < -0.39 is 0 Å². The van der Waals surface area contributed by atoms with Gasteiger partial charge in [0.05, 0.1) is 11.6 Å². The summed E-state index contributed by atoms with van der Waals surface area (Å²) < 4.78 is 5.80. The lowest BCUT2D eigenvalue weighted by Gasteiger charge is -2.23. The van der Waals surface area contributed by atoms with Crippen molar-refractivity contribution in [1.82, 2.24) is 4.90 Å². The van der Waals surface area contributed by atoms with Crippen molar-refractivity contribution in [2.45, 2.75) is 13.0 Å². The molecule has 2 rings (SSSR count). The van der Waals surface area contributed by atoms with E-state index in [0.717, 1.165) is 31.6 Å². The third-order valence-corrected chi connectivity index (χ3v) is 4.66. The molecule has 0 aliphatic rings. The van der Waals surface area contributed by atoms with Crippen LogP contribution < -0.4 is 10.5 Å². The molecule has 4 nitrogen and oxygen atoms in total. The zero-order valence-electron chi connectivity index (χ0n) is 13.3. The number of nitrogens with two attached hydrogens (primary N) is 1. The van der Waals surface area contributed by atoms with Crippen LogP contribution in [-0.4, -0.2) is 36.8 Å². The van der Waals surface area contributed by atoms with Gasteiger partial charge >= 0.3 is 0 Å². The number of phenols is 1. The van der Waals surface area contributed by atoms with Gasteiger partial charge < -0.3 is 15.6 Å². The number of benzene rings is 2. The average molecular weight is 379 g/mol. The third-order valence-electron chi connectivity index (χ3n) is 3.78. The van der Waals surface area contributed by atoms with Crippen LogP contribution in [0.3, 0.4) is 0 Å². The van der Waals surface area contributed by atoms with Gasteiger partial charge in [0.15, 0.2) is 11.5 Å². The highest BCUT2D eigenvalue weighted by Gasteiger charge is 2.13. The van der Waals surface area contributed by atoms with Crippen molar-refractivity contribution in [2.24, 2.45) is 5.73 Å². The lowest BCUT2D eigenvalue weighted by molar-refractivity contribution is 0.275. The Hall–Kier alpha value is -1.56. The molecule has 0 aliphatic carbocycles. The third kappa shape index (κ3) is 4.96. The Labute approximate surface area is 146 Å². The van der Waals surface area contributed by atoms with Crippen LogP contribution in [0.25, 0.3) is 0 Å². The predicted octanol–water partition coefficient (Wildman–Crippen LogP) is 3.17. The van der Waals surface area contributed by atoms with Crippen LogP contribution in [0.1, 0.15) is 11.1 Å². The molecule has 5 heteroatoms. The Kier molecular flexibility index (Phi) is 6.89. The van der Waals surface area contributed by atoms with Gasteiger partial charge in [-0.3, -0.25) is 4.90 Å². The molecule has 0 saturated carbocycles. The van der Waals surface area contributed by atoms with Crippen LogP contribution in [0.4, 0.5) is 0 Å². The molecule has 0 atom stereocenters. The predicted molar refractivity (Wildman–Crippen MR) is 96.8 cm³/mol. The molecule has 0 amide bonds. The SMILES string of the molecule is COc1ccc(CN(CCN)CCc2ccccc2)c(Br)c1O. The standard InChI is InChI=1S/C18H23BrN2O2/c1-23-16-8-7-15(17(19)18(16)22)13-21(12-10-20)11-9-14-5-3-2-4-6-14/h2-8,22H,9-13,20H2,1H3. The van der Waals surface area contributed by atoms with Crippen LogP contribution >= 0.6 is 15.9 Å². The summed E-state index contributed by atoms with van der Waals surface area (Å²) in [5, 5.41) is 10.1. The van der Waals surface area contributed by atoms with Gasteiger partial charge in [0.25, 0.3) is 0 Å². The molecule has 0 aliphatic heterocycles. The van der Waals surface area contributed by atoms with Crippen molar-refractivity contribution < 1.29 is 9.84 Å². The fraction of sp³-hybridized carbons (Fsp3) is 0.333. The van der Waals surface area contributed by atoms with Gasteiger partial charge in [0, 0.05) is 26.2 Å².